The van der Waals surface area contributed by atoms with E-state index in [1.54, 1.807) is 0 Å². The number of para-hydroxylation sites is 2. The van der Waals surface area contributed by atoms with Gasteiger partial charge in [0.25, 0.3) is 0 Å². The fourth-order valence-electron chi connectivity index (χ4n) is 6.62. The van der Waals surface area contributed by atoms with Gasteiger partial charge in [0.1, 0.15) is 0 Å². The summed E-state index contributed by atoms with van der Waals surface area (Å²) in [5, 5.41) is 6.96. The van der Waals surface area contributed by atoms with Crippen molar-refractivity contribution < 1.29 is 0 Å². The highest BCUT2D eigenvalue weighted by molar-refractivity contribution is 7.96. The molecular weight excluding hydrogens is 634 g/mol. The second-order valence-electron chi connectivity index (χ2n) is 11.9. The van der Waals surface area contributed by atoms with E-state index >= 15 is 0 Å². The number of rotatable bonds is 8. The first-order chi connectivity index (χ1) is 24.3. The van der Waals surface area contributed by atoms with Crippen LogP contribution in [0.3, 0.4) is 0 Å². The summed E-state index contributed by atoms with van der Waals surface area (Å²) in [7, 11) is -5.31. The zero-order valence-corrected chi connectivity index (χ0v) is 28.7. The maximum absolute atomic E-state index is 6.00. The normalized spacial score (nSPS) is 11.8. The van der Waals surface area contributed by atoms with Crippen LogP contribution in [0.2, 0.25) is 0 Å². The first kappa shape index (κ1) is 30.9. The number of aromatic nitrogens is 2. The van der Waals surface area contributed by atoms with Gasteiger partial charge in [-0.1, -0.05) is 158 Å². The third-order valence-corrected chi connectivity index (χ3v) is 17.9. The Morgan fingerprint density at radius 1 is 0.347 bits per heavy atom. The Labute approximate surface area is 287 Å². The van der Waals surface area contributed by atoms with Gasteiger partial charge in [-0.2, -0.15) is 0 Å². The summed E-state index contributed by atoms with van der Waals surface area (Å²) in [4.78, 5) is 9.74. The fraction of sp³-hybridized carbons (Fsp3) is 0.0233. The van der Waals surface area contributed by atoms with Crippen LogP contribution in [-0.2, 0) is 0 Å². The topological polar surface area (TPSA) is 50.5 Å². The average molecular weight is 669 g/mol. The van der Waals surface area contributed by atoms with Crippen LogP contribution in [0.15, 0.2) is 204 Å². The molecule has 49 heavy (non-hydrogen) atoms. The minimum atomic E-state index is -2.66. The molecule has 2 heterocycles. The largest absolute Gasteiger partial charge is 0.256 e. The number of benzene rings is 6. The highest BCUT2D eigenvalue weighted by Crippen LogP contribution is 2.65. The molecule has 4 nitrogen and oxygen atoms in total. The minimum Gasteiger partial charge on any atom is -0.256 e. The van der Waals surface area contributed by atoms with Crippen molar-refractivity contribution in [2.24, 2.45) is 9.49 Å². The Balaban J connectivity index is 1.56. The molecule has 0 bridgehead atoms. The summed E-state index contributed by atoms with van der Waals surface area (Å²) >= 11 is 0. The molecule has 2 aromatic heterocycles. The smallest absolute Gasteiger partial charge is 0.0957 e. The number of hydrogen-bond acceptors (Lipinski definition) is 4. The van der Waals surface area contributed by atoms with Gasteiger partial charge in [-0.05, 0) is 45.5 Å². The van der Waals surface area contributed by atoms with E-state index < -0.39 is 14.1 Å². The van der Waals surface area contributed by atoms with E-state index in [2.05, 4.69) is 170 Å². The molecule has 0 fully saturated rings. The van der Waals surface area contributed by atoms with Gasteiger partial charge < -0.3 is 0 Å². The Hall–Kier alpha value is -5.40. The summed E-state index contributed by atoms with van der Waals surface area (Å²) in [5.74, 6) is 0.703. The molecule has 236 valence electrons. The van der Waals surface area contributed by atoms with E-state index in [1.807, 2.05) is 24.5 Å². The zero-order chi connectivity index (χ0) is 32.9. The van der Waals surface area contributed by atoms with Crippen LogP contribution in [0, 0.1) is 0 Å². The number of nitrogens with zero attached hydrogens (tertiary/aromatic N) is 4. The van der Waals surface area contributed by atoms with Crippen molar-refractivity contribution in [2.75, 3.05) is 5.90 Å². The number of hydrogen-bond donors (Lipinski definition) is 0. The predicted octanol–water partition coefficient (Wildman–Crippen LogP) is 10.4. The molecule has 6 aromatic carbocycles. The van der Waals surface area contributed by atoms with Gasteiger partial charge in [-0.25, -0.2) is 0 Å². The Kier molecular flexibility index (Phi) is 8.58. The van der Waals surface area contributed by atoms with Crippen molar-refractivity contribution in [3.8, 4) is 0 Å². The molecule has 0 N–H and O–H groups in total. The van der Waals surface area contributed by atoms with Crippen LogP contribution in [0.1, 0.15) is 0 Å². The van der Waals surface area contributed by atoms with Crippen molar-refractivity contribution in [3.05, 3.63) is 194 Å². The second-order valence-corrected chi connectivity index (χ2v) is 18.6. The van der Waals surface area contributed by atoms with Crippen LogP contribution in [0.5, 0.6) is 0 Å². The molecule has 0 radical (unpaired) electrons. The zero-order valence-electron chi connectivity index (χ0n) is 26.9. The molecule has 8 rings (SSSR count). The van der Waals surface area contributed by atoms with Gasteiger partial charge in [-0.15, -0.1) is 0 Å². The SMILES string of the molecule is c1ccc(P(CP(=Nc2cccc3cccnc23)(c2ccccc2)c2ccccc2)(=Nc2cccc3cccnc23)c2ccccc2)cc1. The first-order valence-corrected chi connectivity index (χ1v) is 20.2. The molecule has 0 spiro atoms. The molecule has 0 amide bonds. The Bertz CT molecular complexity index is 2210. The van der Waals surface area contributed by atoms with Crippen LogP contribution in [0.4, 0.5) is 11.4 Å². The first-order valence-electron chi connectivity index (χ1n) is 16.4. The number of pyridine rings is 2. The lowest BCUT2D eigenvalue weighted by Crippen LogP contribution is -2.25. The second kappa shape index (κ2) is 13.6. The Morgan fingerprint density at radius 2 is 0.673 bits per heavy atom. The molecule has 0 aliphatic heterocycles. The molecule has 0 saturated heterocycles. The van der Waals surface area contributed by atoms with E-state index in [0.29, 0.717) is 5.90 Å². The van der Waals surface area contributed by atoms with Gasteiger partial charge in [0, 0.05) is 43.2 Å². The summed E-state index contributed by atoms with van der Waals surface area (Å²) in [6.45, 7) is 0. The van der Waals surface area contributed by atoms with E-state index in [4.69, 9.17) is 19.5 Å². The standard InChI is InChI=1S/C43H34N4P2/c1-5-21-36(22-6-1)48(37-23-7-2-8-24-37,46-40-29-13-17-34-19-15-31-44-42(34)40)33-49(38-25-9-3-10-26-38,39-27-11-4-12-28-39)47-41-30-14-18-35-20-16-32-45-43(35)41/h1-32H,33H2. The van der Waals surface area contributed by atoms with Crippen molar-refractivity contribution >= 4 is 68.5 Å². The third-order valence-electron chi connectivity index (χ3n) is 8.92. The lowest BCUT2D eigenvalue weighted by molar-refractivity contribution is 1.39. The van der Waals surface area contributed by atoms with Crippen molar-refractivity contribution in [2.45, 2.75) is 0 Å². The lowest BCUT2D eigenvalue weighted by atomic mass is 10.2. The van der Waals surface area contributed by atoms with E-state index in [9.17, 15) is 0 Å². The van der Waals surface area contributed by atoms with Crippen LogP contribution in [-0.4, -0.2) is 15.9 Å². The minimum absolute atomic E-state index is 0.703. The summed E-state index contributed by atoms with van der Waals surface area (Å²) in [6.07, 6.45) is 3.72. The lowest BCUT2D eigenvalue weighted by Gasteiger charge is -2.35. The van der Waals surface area contributed by atoms with Crippen LogP contribution in [0.25, 0.3) is 21.8 Å². The Morgan fingerprint density at radius 3 is 1.02 bits per heavy atom. The summed E-state index contributed by atoms with van der Waals surface area (Å²) in [6, 6.07) is 64.4. The van der Waals surface area contributed by atoms with Gasteiger partial charge in [-0.3, -0.25) is 19.5 Å². The van der Waals surface area contributed by atoms with E-state index in [0.717, 1.165) is 33.2 Å². The van der Waals surface area contributed by atoms with Crippen molar-refractivity contribution in [3.63, 3.8) is 0 Å². The maximum Gasteiger partial charge on any atom is 0.0957 e. The molecule has 0 aliphatic rings. The average Bonchev–Trinajstić information content (AvgIpc) is 3.19. The fourth-order valence-corrected chi connectivity index (χ4v) is 16.9. The molecule has 0 atom stereocenters. The molecule has 0 aliphatic carbocycles. The van der Waals surface area contributed by atoms with Crippen LogP contribution >= 0.6 is 14.1 Å². The molecule has 6 heteroatoms. The molecular formula is C43H34N4P2. The van der Waals surface area contributed by atoms with Gasteiger partial charge >= 0.3 is 0 Å². The third kappa shape index (κ3) is 5.95. The van der Waals surface area contributed by atoms with Crippen molar-refractivity contribution in [1.29, 1.82) is 0 Å². The van der Waals surface area contributed by atoms with Crippen LogP contribution < -0.4 is 21.2 Å². The van der Waals surface area contributed by atoms with E-state index in [-0.39, 0.29) is 0 Å². The highest BCUT2D eigenvalue weighted by Gasteiger charge is 2.36. The summed E-state index contributed by atoms with van der Waals surface area (Å²) in [5.41, 5.74) is 3.59. The summed E-state index contributed by atoms with van der Waals surface area (Å²) < 4.78 is 12.0. The number of fused-ring (bicyclic) bond motifs is 2. The van der Waals surface area contributed by atoms with Crippen molar-refractivity contribution in [1.82, 2.24) is 9.97 Å². The quantitative estimate of drug-likeness (QED) is 0.151. The predicted molar refractivity (Wildman–Crippen MR) is 211 cm³/mol. The molecule has 0 saturated carbocycles. The van der Waals surface area contributed by atoms with Gasteiger partial charge in [0.15, 0.2) is 0 Å². The van der Waals surface area contributed by atoms with Gasteiger partial charge in [0.05, 0.1) is 22.4 Å². The molecule has 0 unspecified atom stereocenters. The molecule has 8 aromatic rings. The van der Waals surface area contributed by atoms with Gasteiger partial charge in [0.2, 0.25) is 0 Å². The highest BCUT2D eigenvalue weighted by atomic mass is 31.2. The van der Waals surface area contributed by atoms with E-state index in [1.165, 1.54) is 21.2 Å². The monoisotopic (exact) mass is 668 g/mol. The maximum atomic E-state index is 6.00.